The van der Waals surface area contributed by atoms with Crippen LogP contribution in [-0.4, -0.2) is 37.1 Å². The number of esters is 1. The number of hydrogen-bond acceptors (Lipinski definition) is 3. The average Bonchev–Trinajstić information content (AvgIpc) is 2.12. The second-order valence-electron chi connectivity index (χ2n) is 2.75. The SMILES string of the molecule is C=CCCN(CC)CC(=O)OCC. The third-order valence-corrected chi connectivity index (χ3v) is 1.75. The highest BCUT2D eigenvalue weighted by molar-refractivity contribution is 5.71. The van der Waals surface area contributed by atoms with Crippen molar-refractivity contribution in [3.63, 3.8) is 0 Å². The second-order valence-corrected chi connectivity index (χ2v) is 2.75. The number of carbonyl (C=O) groups excluding carboxylic acids is 1. The molecule has 0 aliphatic heterocycles. The molecule has 0 heterocycles. The molecule has 0 aromatic heterocycles. The third kappa shape index (κ3) is 6.34. The van der Waals surface area contributed by atoms with Crippen molar-refractivity contribution in [2.24, 2.45) is 0 Å². The van der Waals surface area contributed by atoms with Gasteiger partial charge in [0.1, 0.15) is 0 Å². The predicted octanol–water partition coefficient (Wildman–Crippen LogP) is 1.45. The van der Waals surface area contributed by atoms with E-state index in [1.54, 1.807) is 0 Å². The first-order valence-corrected chi connectivity index (χ1v) is 4.73. The predicted molar refractivity (Wildman–Crippen MR) is 53.6 cm³/mol. The standard InChI is InChI=1S/C10H19NO2/c1-4-7-8-11(5-2)9-10(12)13-6-3/h4H,1,5-9H2,2-3H3. The molecule has 0 aromatic carbocycles. The number of likely N-dealkylation sites (N-methyl/N-ethyl adjacent to an activating group) is 1. The number of hydrogen-bond donors (Lipinski definition) is 0. The number of nitrogens with zero attached hydrogens (tertiary/aromatic N) is 1. The van der Waals surface area contributed by atoms with Gasteiger partial charge in [0, 0.05) is 6.54 Å². The molecule has 0 aliphatic carbocycles. The Kier molecular flexibility index (Phi) is 7.30. The van der Waals surface area contributed by atoms with E-state index in [2.05, 4.69) is 6.58 Å². The Hall–Kier alpha value is -0.830. The third-order valence-electron chi connectivity index (χ3n) is 1.75. The largest absolute Gasteiger partial charge is 0.465 e. The van der Waals surface area contributed by atoms with Crippen LogP contribution in [0.4, 0.5) is 0 Å². The molecule has 0 amide bonds. The molecule has 0 unspecified atom stereocenters. The molecule has 0 spiro atoms. The van der Waals surface area contributed by atoms with Crippen molar-refractivity contribution < 1.29 is 9.53 Å². The topological polar surface area (TPSA) is 29.5 Å². The Morgan fingerprint density at radius 3 is 2.69 bits per heavy atom. The Morgan fingerprint density at radius 1 is 1.54 bits per heavy atom. The lowest BCUT2D eigenvalue weighted by Gasteiger charge is -2.17. The van der Waals surface area contributed by atoms with E-state index in [4.69, 9.17) is 4.74 Å². The average molecular weight is 185 g/mol. The first-order chi connectivity index (χ1) is 6.24. The van der Waals surface area contributed by atoms with Gasteiger partial charge in [-0.25, -0.2) is 0 Å². The van der Waals surface area contributed by atoms with Gasteiger partial charge < -0.3 is 4.74 Å². The fourth-order valence-electron chi connectivity index (χ4n) is 1.01. The summed E-state index contributed by atoms with van der Waals surface area (Å²) in [5.74, 6) is -0.145. The molecule has 13 heavy (non-hydrogen) atoms. The van der Waals surface area contributed by atoms with Gasteiger partial charge in [0.2, 0.25) is 0 Å². The van der Waals surface area contributed by atoms with Gasteiger partial charge in [-0.2, -0.15) is 0 Å². The van der Waals surface area contributed by atoms with Crippen molar-refractivity contribution in [3.8, 4) is 0 Å². The molecule has 76 valence electrons. The molecule has 0 bridgehead atoms. The second kappa shape index (κ2) is 7.80. The lowest BCUT2D eigenvalue weighted by molar-refractivity contribution is -0.144. The van der Waals surface area contributed by atoms with Crippen LogP contribution in [0.2, 0.25) is 0 Å². The van der Waals surface area contributed by atoms with E-state index in [1.165, 1.54) is 0 Å². The molecular weight excluding hydrogens is 166 g/mol. The maximum Gasteiger partial charge on any atom is 0.320 e. The van der Waals surface area contributed by atoms with Crippen molar-refractivity contribution in [1.82, 2.24) is 4.90 Å². The molecule has 3 heteroatoms. The fourth-order valence-corrected chi connectivity index (χ4v) is 1.01. The van der Waals surface area contributed by atoms with Gasteiger partial charge in [-0.05, 0) is 19.9 Å². The van der Waals surface area contributed by atoms with Crippen molar-refractivity contribution in [1.29, 1.82) is 0 Å². The van der Waals surface area contributed by atoms with Crippen LogP contribution in [0.1, 0.15) is 20.3 Å². The Labute approximate surface area is 80.4 Å². The van der Waals surface area contributed by atoms with Crippen LogP contribution < -0.4 is 0 Å². The molecule has 0 rings (SSSR count). The van der Waals surface area contributed by atoms with E-state index in [0.717, 1.165) is 19.5 Å². The van der Waals surface area contributed by atoms with Crippen molar-refractivity contribution in [2.75, 3.05) is 26.2 Å². The van der Waals surface area contributed by atoms with E-state index < -0.39 is 0 Å². The first kappa shape index (κ1) is 12.2. The Morgan fingerprint density at radius 2 is 2.23 bits per heavy atom. The lowest BCUT2D eigenvalue weighted by atomic mass is 10.3. The van der Waals surface area contributed by atoms with Gasteiger partial charge in [-0.3, -0.25) is 9.69 Å². The van der Waals surface area contributed by atoms with Crippen LogP contribution in [0.3, 0.4) is 0 Å². The number of carbonyl (C=O) groups is 1. The van der Waals surface area contributed by atoms with E-state index in [0.29, 0.717) is 13.2 Å². The first-order valence-electron chi connectivity index (χ1n) is 4.73. The highest BCUT2D eigenvalue weighted by Gasteiger charge is 2.07. The van der Waals surface area contributed by atoms with Crippen molar-refractivity contribution >= 4 is 5.97 Å². The van der Waals surface area contributed by atoms with Crippen LogP contribution in [0, 0.1) is 0 Å². The molecule has 0 aromatic rings. The Bertz CT molecular complexity index is 157. The van der Waals surface area contributed by atoms with Crippen LogP contribution in [-0.2, 0) is 9.53 Å². The molecule has 0 radical (unpaired) electrons. The molecule has 0 aliphatic rings. The van der Waals surface area contributed by atoms with Crippen LogP contribution in [0.5, 0.6) is 0 Å². The van der Waals surface area contributed by atoms with Gasteiger partial charge >= 0.3 is 5.97 Å². The van der Waals surface area contributed by atoms with Crippen molar-refractivity contribution in [3.05, 3.63) is 12.7 Å². The highest BCUT2D eigenvalue weighted by Crippen LogP contribution is 1.93. The normalized spacial score (nSPS) is 10.1. The van der Waals surface area contributed by atoms with E-state index in [9.17, 15) is 4.79 Å². The fraction of sp³-hybridized carbons (Fsp3) is 0.700. The maximum absolute atomic E-state index is 11.1. The van der Waals surface area contributed by atoms with E-state index in [-0.39, 0.29) is 5.97 Å². The summed E-state index contributed by atoms with van der Waals surface area (Å²) in [7, 11) is 0. The smallest absolute Gasteiger partial charge is 0.320 e. The maximum atomic E-state index is 11.1. The molecule has 0 saturated carbocycles. The van der Waals surface area contributed by atoms with Crippen LogP contribution in [0.25, 0.3) is 0 Å². The summed E-state index contributed by atoms with van der Waals surface area (Å²) in [4.78, 5) is 13.1. The summed E-state index contributed by atoms with van der Waals surface area (Å²) in [6.45, 7) is 10.1. The minimum Gasteiger partial charge on any atom is -0.465 e. The minimum atomic E-state index is -0.145. The summed E-state index contributed by atoms with van der Waals surface area (Å²) >= 11 is 0. The molecule has 3 nitrogen and oxygen atoms in total. The van der Waals surface area contributed by atoms with Gasteiger partial charge in [0.05, 0.1) is 13.2 Å². The van der Waals surface area contributed by atoms with Gasteiger partial charge in [-0.1, -0.05) is 13.0 Å². The number of rotatable bonds is 7. The summed E-state index contributed by atoms with van der Waals surface area (Å²) in [5, 5.41) is 0. The summed E-state index contributed by atoms with van der Waals surface area (Å²) in [6.07, 6.45) is 2.76. The zero-order valence-electron chi connectivity index (χ0n) is 8.58. The van der Waals surface area contributed by atoms with Crippen LogP contribution in [0.15, 0.2) is 12.7 Å². The molecular formula is C10H19NO2. The number of ether oxygens (including phenoxy) is 1. The molecule has 0 fully saturated rings. The van der Waals surface area contributed by atoms with Crippen molar-refractivity contribution in [2.45, 2.75) is 20.3 Å². The zero-order chi connectivity index (χ0) is 10.1. The summed E-state index contributed by atoms with van der Waals surface area (Å²) in [5.41, 5.74) is 0. The highest BCUT2D eigenvalue weighted by atomic mass is 16.5. The molecule has 0 saturated heterocycles. The lowest BCUT2D eigenvalue weighted by Crippen LogP contribution is -2.31. The van der Waals surface area contributed by atoms with Gasteiger partial charge in [0.25, 0.3) is 0 Å². The van der Waals surface area contributed by atoms with E-state index in [1.807, 2.05) is 24.8 Å². The van der Waals surface area contributed by atoms with Gasteiger partial charge in [-0.15, -0.1) is 6.58 Å². The summed E-state index contributed by atoms with van der Waals surface area (Å²) < 4.78 is 4.85. The quantitative estimate of drug-likeness (QED) is 0.444. The monoisotopic (exact) mass is 185 g/mol. The zero-order valence-corrected chi connectivity index (χ0v) is 8.58. The Balaban J connectivity index is 3.68. The van der Waals surface area contributed by atoms with Crippen LogP contribution >= 0.6 is 0 Å². The minimum absolute atomic E-state index is 0.145. The van der Waals surface area contributed by atoms with E-state index >= 15 is 0 Å². The molecule has 0 N–H and O–H groups in total. The summed E-state index contributed by atoms with van der Waals surface area (Å²) in [6, 6.07) is 0. The van der Waals surface area contributed by atoms with Gasteiger partial charge in [0.15, 0.2) is 0 Å². The molecule has 0 atom stereocenters.